The molecule has 0 saturated heterocycles. The lowest BCUT2D eigenvalue weighted by molar-refractivity contribution is 0.652. The van der Waals surface area contributed by atoms with Crippen LogP contribution in [0.2, 0.25) is 0 Å². The van der Waals surface area contributed by atoms with Crippen LogP contribution in [0.1, 0.15) is 48.8 Å². The van der Waals surface area contributed by atoms with Gasteiger partial charge in [0, 0.05) is 17.9 Å². The second-order valence-corrected chi connectivity index (χ2v) is 5.81. The van der Waals surface area contributed by atoms with Crippen molar-refractivity contribution < 1.29 is 0 Å². The van der Waals surface area contributed by atoms with Crippen molar-refractivity contribution in [2.24, 2.45) is 0 Å². The molecular formula is C17H24N4. The molecule has 0 amide bonds. The number of pyridine rings is 1. The fourth-order valence-electron chi connectivity index (χ4n) is 2.96. The molecule has 1 N–H and O–H groups in total. The first-order valence-electron chi connectivity index (χ1n) is 8.02. The average Bonchev–Trinajstić information content (AvgIpc) is 2.93. The van der Waals surface area contributed by atoms with Crippen LogP contribution in [0, 0.1) is 6.92 Å². The fourth-order valence-corrected chi connectivity index (χ4v) is 2.96. The molecule has 0 atom stereocenters. The number of imidazole rings is 1. The van der Waals surface area contributed by atoms with Crippen LogP contribution in [0.15, 0.2) is 18.5 Å². The Morgan fingerprint density at radius 1 is 1.24 bits per heavy atom. The summed E-state index contributed by atoms with van der Waals surface area (Å²) < 4.78 is 2.17. The molecule has 0 spiro atoms. The number of hydrogen-bond acceptors (Lipinski definition) is 3. The lowest BCUT2D eigenvalue weighted by Gasteiger charge is -2.14. The minimum atomic E-state index is 0.898. The first-order chi connectivity index (χ1) is 10.3. The van der Waals surface area contributed by atoms with Crippen LogP contribution < -0.4 is 5.32 Å². The van der Waals surface area contributed by atoms with Crippen LogP contribution in [0.3, 0.4) is 0 Å². The zero-order valence-corrected chi connectivity index (χ0v) is 13.0. The van der Waals surface area contributed by atoms with Crippen LogP contribution in [0.4, 0.5) is 0 Å². The standard InChI is InChI=1S/C17H24N4/c1-3-10-18-11-14-8-9-17(20-13(14)2)21-12-19-15-6-4-5-7-16(15)21/h8-9,12,18H,3-7,10-11H2,1-2H3. The summed E-state index contributed by atoms with van der Waals surface area (Å²) in [5.41, 5.74) is 5.00. The Hall–Kier alpha value is -1.68. The molecule has 0 saturated carbocycles. The van der Waals surface area contributed by atoms with Crippen LogP contribution in [0.5, 0.6) is 0 Å². The largest absolute Gasteiger partial charge is 0.313 e. The van der Waals surface area contributed by atoms with Crippen molar-refractivity contribution in [2.45, 2.75) is 52.5 Å². The van der Waals surface area contributed by atoms with E-state index in [1.165, 1.54) is 29.8 Å². The summed E-state index contributed by atoms with van der Waals surface area (Å²) in [4.78, 5) is 9.34. The third-order valence-electron chi connectivity index (χ3n) is 4.20. The Balaban J connectivity index is 1.83. The maximum atomic E-state index is 4.79. The van der Waals surface area contributed by atoms with Crippen LogP contribution in [0.25, 0.3) is 5.82 Å². The van der Waals surface area contributed by atoms with E-state index in [1.807, 2.05) is 6.33 Å². The van der Waals surface area contributed by atoms with Crippen molar-refractivity contribution in [1.29, 1.82) is 0 Å². The second-order valence-electron chi connectivity index (χ2n) is 5.81. The van der Waals surface area contributed by atoms with E-state index in [0.29, 0.717) is 0 Å². The van der Waals surface area contributed by atoms with Crippen LogP contribution in [-0.4, -0.2) is 21.1 Å². The predicted molar refractivity (Wildman–Crippen MR) is 84.7 cm³/mol. The lowest BCUT2D eigenvalue weighted by atomic mass is 10.0. The molecule has 0 radical (unpaired) electrons. The summed E-state index contributed by atoms with van der Waals surface area (Å²) in [5.74, 6) is 1.00. The SMILES string of the molecule is CCCNCc1ccc(-n2cnc3c2CCCC3)nc1C. The molecule has 112 valence electrons. The van der Waals surface area contributed by atoms with Crippen molar-refractivity contribution in [3.63, 3.8) is 0 Å². The maximum absolute atomic E-state index is 4.79. The van der Waals surface area contributed by atoms with Gasteiger partial charge in [-0.3, -0.25) is 4.57 Å². The number of aryl methyl sites for hydroxylation is 2. The monoisotopic (exact) mass is 284 g/mol. The second kappa shape index (κ2) is 6.39. The smallest absolute Gasteiger partial charge is 0.138 e. The Kier molecular flexibility index (Phi) is 4.34. The number of nitrogens with one attached hydrogen (secondary N) is 1. The van der Waals surface area contributed by atoms with E-state index in [9.17, 15) is 0 Å². The van der Waals surface area contributed by atoms with E-state index in [2.05, 4.69) is 40.8 Å². The van der Waals surface area contributed by atoms with Gasteiger partial charge in [0.25, 0.3) is 0 Å². The topological polar surface area (TPSA) is 42.7 Å². The van der Waals surface area contributed by atoms with E-state index in [0.717, 1.165) is 43.9 Å². The first-order valence-corrected chi connectivity index (χ1v) is 8.02. The normalized spacial score (nSPS) is 14.2. The van der Waals surface area contributed by atoms with Gasteiger partial charge < -0.3 is 5.32 Å². The van der Waals surface area contributed by atoms with Gasteiger partial charge in [-0.2, -0.15) is 0 Å². The van der Waals surface area contributed by atoms with Crippen LogP contribution in [-0.2, 0) is 19.4 Å². The fraction of sp³-hybridized carbons (Fsp3) is 0.529. The molecule has 4 heteroatoms. The Labute approximate surface area is 126 Å². The van der Waals surface area contributed by atoms with Crippen molar-refractivity contribution in [2.75, 3.05) is 6.54 Å². The third-order valence-corrected chi connectivity index (χ3v) is 4.20. The van der Waals surface area contributed by atoms with Gasteiger partial charge in [0.15, 0.2) is 0 Å². The van der Waals surface area contributed by atoms with Crippen LogP contribution >= 0.6 is 0 Å². The molecule has 0 aliphatic heterocycles. The number of aromatic nitrogens is 3. The molecule has 2 heterocycles. The van der Waals surface area contributed by atoms with Gasteiger partial charge in [0.1, 0.15) is 12.1 Å². The molecule has 0 bridgehead atoms. The molecule has 0 unspecified atom stereocenters. The zero-order chi connectivity index (χ0) is 14.7. The molecular weight excluding hydrogens is 260 g/mol. The highest BCUT2D eigenvalue weighted by Crippen LogP contribution is 2.22. The van der Waals surface area contributed by atoms with Crippen molar-refractivity contribution in [3.8, 4) is 5.82 Å². The van der Waals surface area contributed by atoms with Gasteiger partial charge in [0.2, 0.25) is 0 Å². The van der Waals surface area contributed by atoms with E-state index >= 15 is 0 Å². The highest BCUT2D eigenvalue weighted by atomic mass is 15.1. The molecule has 3 rings (SSSR count). The van der Waals surface area contributed by atoms with Gasteiger partial charge in [-0.25, -0.2) is 9.97 Å². The van der Waals surface area contributed by atoms with Gasteiger partial charge in [0.05, 0.1) is 5.69 Å². The minimum Gasteiger partial charge on any atom is -0.313 e. The van der Waals surface area contributed by atoms with Gasteiger partial charge >= 0.3 is 0 Å². The maximum Gasteiger partial charge on any atom is 0.138 e. The Morgan fingerprint density at radius 2 is 2.10 bits per heavy atom. The lowest BCUT2D eigenvalue weighted by Crippen LogP contribution is -2.15. The zero-order valence-electron chi connectivity index (χ0n) is 13.0. The molecule has 2 aromatic heterocycles. The predicted octanol–water partition coefficient (Wildman–Crippen LogP) is 2.95. The van der Waals surface area contributed by atoms with Gasteiger partial charge in [-0.05, 0) is 57.2 Å². The molecule has 0 fully saturated rings. The van der Waals surface area contributed by atoms with E-state index < -0.39 is 0 Å². The van der Waals surface area contributed by atoms with Gasteiger partial charge in [-0.1, -0.05) is 13.0 Å². The Bertz CT molecular complexity index is 615. The van der Waals surface area contributed by atoms with E-state index in [-0.39, 0.29) is 0 Å². The summed E-state index contributed by atoms with van der Waals surface area (Å²) in [5, 5.41) is 3.44. The van der Waals surface area contributed by atoms with Gasteiger partial charge in [-0.15, -0.1) is 0 Å². The minimum absolute atomic E-state index is 0.898. The molecule has 1 aliphatic carbocycles. The van der Waals surface area contributed by atoms with Crippen molar-refractivity contribution >= 4 is 0 Å². The van der Waals surface area contributed by atoms with E-state index in [4.69, 9.17) is 4.98 Å². The Morgan fingerprint density at radius 3 is 2.90 bits per heavy atom. The molecule has 2 aromatic rings. The number of fused-ring (bicyclic) bond motifs is 1. The summed E-state index contributed by atoms with van der Waals surface area (Å²) >= 11 is 0. The number of hydrogen-bond donors (Lipinski definition) is 1. The van der Waals surface area contributed by atoms with Crippen molar-refractivity contribution in [3.05, 3.63) is 41.1 Å². The average molecular weight is 284 g/mol. The molecule has 1 aliphatic rings. The first kappa shape index (κ1) is 14.3. The summed E-state index contributed by atoms with van der Waals surface area (Å²) in [6.45, 7) is 6.23. The molecule has 21 heavy (non-hydrogen) atoms. The quantitative estimate of drug-likeness (QED) is 0.858. The number of rotatable bonds is 5. The third kappa shape index (κ3) is 3.00. The van der Waals surface area contributed by atoms with Crippen molar-refractivity contribution in [1.82, 2.24) is 19.9 Å². The highest BCUT2D eigenvalue weighted by molar-refractivity contribution is 5.34. The summed E-state index contributed by atoms with van der Waals surface area (Å²) in [6, 6.07) is 4.31. The highest BCUT2D eigenvalue weighted by Gasteiger charge is 2.16. The molecule has 0 aromatic carbocycles. The molecule has 4 nitrogen and oxygen atoms in total. The number of nitrogens with zero attached hydrogens (tertiary/aromatic N) is 3. The van der Waals surface area contributed by atoms with E-state index in [1.54, 1.807) is 0 Å². The summed E-state index contributed by atoms with van der Waals surface area (Å²) in [6.07, 6.45) is 7.85. The summed E-state index contributed by atoms with van der Waals surface area (Å²) in [7, 11) is 0.